The van der Waals surface area contributed by atoms with Gasteiger partial charge in [-0.2, -0.15) is 0 Å². The number of ether oxygens (including phenoxy) is 2. The van der Waals surface area contributed by atoms with Crippen molar-refractivity contribution in [3.05, 3.63) is 34.9 Å². The fraction of sp³-hybridized carbons (Fsp3) is 0.667. The van der Waals surface area contributed by atoms with E-state index in [-0.39, 0.29) is 6.04 Å². The number of aryl methyl sites for hydroxylation is 2. The molecule has 0 aliphatic carbocycles. The highest BCUT2D eigenvalue weighted by Gasteiger charge is 2.18. The van der Waals surface area contributed by atoms with Crippen molar-refractivity contribution in [2.24, 2.45) is 0 Å². The lowest BCUT2D eigenvalue weighted by molar-refractivity contribution is -0.0383. The van der Waals surface area contributed by atoms with Crippen molar-refractivity contribution in [1.29, 1.82) is 0 Å². The molecule has 1 aromatic rings. The molecule has 0 radical (unpaired) electrons. The molecule has 0 bridgehead atoms. The van der Waals surface area contributed by atoms with Gasteiger partial charge in [-0.25, -0.2) is 0 Å². The minimum atomic E-state index is 0.286. The van der Waals surface area contributed by atoms with Crippen LogP contribution in [-0.4, -0.2) is 32.5 Å². The summed E-state index contributed by atoms with van der Waals surface area (Å²) >= 11 is 0. The maximum absolute atomic E-state index is 6.14. The van der Waals surface area contributed by atoms with Gasteiger partial charge >= 0.3 is 0 Å². The Morgan fingerprint density at radius 3 is 2.71 bits per heavy atom. The topological polar surface area (TPSA) is 30.5 Å². The lowest BCUT2D eigenvalue weighted by Gasteiger charge is -2.27. The van der Waals surface area contributed by atoms with E-state index in [1.54, 1.807) is 0 Å². The summed E-state index contributed by atoms with van der Waals surface area (Å²) in [6.07, 6.45) is 3.54. The van der Waals surface area contributed by atoms with Crippen LogP contribution in [0.15, 0.2) is 18.2 Å². The summed E-state index contributed by atoms with van der Waals surface area (Å²) in [5.41, 5.74) is 4.02. The van der Waals surface area contributed by atoms with Crippen molar-refractivity contribution >= 4 is 0 Å². The molecule has 1 heterocycles. The van der Waals surface area contributed by atoms with Crippen LogP contribution in [0.1, 0.15) is 48.9 Å². The quantitative estimate of drug-likeness (QED) is 0.833. The summed E-state index contributed by atoms with van der Waals surface area (Å²) in [5, 5.41) is 3.63. The molecule has 0 amide bonds. The fourth-order valence-electron chi connectivity index (χ4n) is 2.87. The zero-order valence-electron chi connectivity index (χ0n) is 13.7. The maximum Gasteiger partial charge on any atom is 0.0665 e. The second-order valence-electron chi connectivity index (χ2n) is 6.01. The summed E-state index contributed by atoms with van der Waals surface area (Å²) in [7, 11) is 0. The zero-order valence-corrected chi connectivity index (χ0v) is 13.7. The van der Waals surface area contributed by atoms with Crippen molar-refractivity contribution < 1.29 is 9.47 Å². The second-order valence-corrected chi connectivity index (χ2v) is 6.01. The minimum absolute atomic E-state index is 0.286. The van der Waals surface area contributed by atoms with Crippen LogP contribution in [-0.2, 0) is 9.47 Å². The van der Waals surface area contributed by atoms with Gasteiger partial charge in [-0.15, -0.1) is 0 Å². The third-order valence-electron chi connectivity index (χ3n) is 4.11. The first kappa shape index (κ1) is 16.5. The van der Waals surface area contributed by atoms with Crippen molar-refractivity contribution in [2.75, 3.05) is 26.4 Å². The second kappa shape index (κ2) is 8.52. The number of hydrogen-bond donors (Lipinski definition) is 1. The van der Waals surface area contributed by atoms with E-state index in [4.69, 9.17) is 9.47 Å². The van der Waals surface area contributed by atoms with E-state index >= 15 is 0 Å². The van der Waals surface area contributed by atoms with E-state index in [0.29, 0.717) is 6.10 Å². The minimum Gasteiger partial charge on any atom is -0.381 e. The monoisotopic (exact) mass is 291 g/mol. The lowest BCUT2D eigenvalue weighted by atomic mass is 9.99. The molecule has 1 saturated heterocycles. The summed E-state index contributed by atoms with van der Waals surface area (Å²) in [6, 6.07) is 6.97. The molecule has 0 spiro atoms. The standard InChI is InChI=1S/C18H29NO2/c1-4-9-19-18(13-21-16-7-10-20-11-8-16)17-6-5-14(2)12-15(17)3/h5-6,12,16,18-19H,4,7-11,13H2,1-3H3. The number of rotatable bonds is 7. The number of benzene rings is 1. The van der Waals surface area contributed by atoms with Gasteiger partial charge in [0.25, 0.3) is 0 Å². The summed E-state index contributed by atoms with van der Waals surface area (Å²) in [6.45, 7) is 9.97. The first-order valence-electron chi connectivity index (χ1n) is 8.20. The molecule has 1 aliphatic rings. The largest absolute Gasteiger partial charge is 0.381 e. The molecule has 1 aliphatic heterocycles. The van der Waals surface area contributed by atoms with Crippen LogP contribution in [0.3, 0.4) is 0 Å². The molecule has 2 rings (SSSR count). The van der Waals surface area contributed by atoms with Crippen LogP contribution in [0.2, 0.25) is 0 Å². The van der Waals surface area contributed by atoms with Gasteiger partial charge < -0.3 is 14.8 Å². The third-order valence-corrected chi connectivity index (χ3v) is 4.11. The Hall–Kier alpha value is -0.900. The van der Waals surface area contributed by atoms with Gasteiger partial charge in [0, 0.05) is 13.2 Å². The van der Waals surface area contributed by atoms with Gasteiger partial charge in [-0.05, 0) is 50.8 Å². The molecule has 21 heavy (non-hydrogen) atoms. The van der Waals surface area contributed by atoms with E-state index in [0.717, 1.165) is 45.6 Å². The molecule has 1 N–H and O–H groups in total. The van der Waals surface area contributed by atoms with Crippen LogP contribution in [0.5, 0.6) is 0 Å². The molecule has 1 fully saturated rings. The van der Waals surface area contributed by atoms with Gasteiger partial charge in [-0.3, -0.25) is 0 Å². The normalized spacial score (nSPS) is 17.9. The first-order chi connectivity index (χ1) is 10.2. The Bertz CT molecular complexity index is 427. The molecule has 0 saturated carbocycles. The van der Waals surface area contributed by atoms with Crippen LogP contribution in [0.25, 0.3) is 0 Å². The average Bonchev–Trinajstić information content (AvgIpc) is 2.49. The van der Waals surface area contributed by atoms with Gasteiger partial charge in [0.05, 0.1) is 18.8 Å². The maximum atomic E-state index is 6.14. The fourth-order valence-corrected chi connectivity index (χ4v) is 2.87. The first-order valence-corrected chi connectivity index (χ1v) is 8.20. The zero-order chi connectivity index (χ0) is 15.1. The van der Waals surface area contributed by atoms with Crippen LogP contribution < -0.4 is 5.32 Å². The van der Waals surface area contributed by atoms with Crippen LogP contribution in [0, 0.1) is 13.8 Å². The van der Waals surface area contributed by atoms with Crippen LogP contribution in [0.4, 0.5) is 0 Å². The molecular formula is C18H29NO2. The molecule has 1 aromatic carbocycles. The Balaban J connectivity index is 1.99. The molecule has 3 nitrogen and oxygen atoms in total. The van der Waals surface area contributed by atoms with Crippen LogP contribution >= 0.6 is 0 Å². The highest BCUT2D eigenvalue weighted by atomic mass is 16.5. The Kier molecular flexibility index (Phi) is 6.68. The van der Waals surface area contributed by atoms with Crippen molar-refractivity contribution in [3.8, 4) is 0 Å². The van der Waals surface area contributed by atoms with E-state index in [9.17, 15) is 0 Å². The van der Waals surface area contributed by atoms with E-state index in [1.165, 1.54) is 16.7 Å². The molecule has 1 unspecified atom stereocenters. The highest BCUT2D eigenvalue weighted by molar-refractivity contribution is 5.32. The predicted octanol–water partition coefficient (Wildman–Crippen LogP) is 3.54. The summed E-state index contributed by atoms with van der Waals surface area (Å²) in [5.74, 6) is 0. The highest BCUT2D eigenvalue weighted by Crippen LogP contribution is 2.21. The van der Waals surface area contributed by atoms with Gasteiger partial charge in [-0.1, -0.05) is 30.7 Å². The molecule has 0 aromatic heterocycles. The molecule has 118 valence electrons. The molecular weight excluding hydrogens is 262 g/mol. The number of hydrogen-bond acceptors (Lipinski definition) is 3. The van der Waals surface area contributed by atoms with Gasteiger partial charge in [0.15, 0.2) is 0 Å². The number of nitrogens with one attached hydrogen (secondary N) is 1. The summed E-state index contributed by atoms with van der Waals surface area (Å²) < 4.78 is 11.5. The van der Waals surface area contributed by atoms with E-state index < -0.39 is 0 Å². The summed E-state index contributed by atoms with van der Waals surface area (Å²) in [4.78, 5) is 0. The smallest absolute Gasteiger partial charge is 0.0665 e. The van der Waals surface area contributed by atoms with Gasteiger partial charge in [0.1, 0.15) is 0 Å². The Morgan fingerprint density at radius 2 is 2.05 bits per heavy atom. The van der Waals surface area contributed by atoms with Crippen molar-refractivity contribution in [3.63, 3.8) is 0 Å². The molecule has 3 heteroatoms. The van der Waals surface area contributed by atoms with Gasteiger partial charge in [0.2, 0.25) is 0 Å². The van der Waals surface area contributed by atoms with E-state index in [1.807, 2.05) is 0 Å². The third kappa shape index (κ3) is 5.10. The molecule has 1 atom stereocenters. The lowest BCUT2D eigenvalue weighted by Crippen LogP contribution is -2.31. The van der Waals surface area contributed by atoms with Crippen molar-refractivity contribution in [2.45, 2.75) is 52.2 Å². The Morgan fingerprint density at radius 1 is 1.29 bits per heavy atom. The Labute approximate surface area is 129 Å². The SMILES string of the molecule is CCCNC(COC1CCOCC1)c1ccc(C)cc1C. The average molecular weight is 291 g/mol. The predicted molar refractivity (Wildman–Crippen MR) is 86.7 cm³/mol. The van der Waals surface area contributed by atoms with E-state index in [2.05, 4.69) is 44.3 Å². The van der Waals surface area contributed by atoms with Crippen molar-refractivity contribution in [1.82, 2.24) is 5.32 Å².